The summed E-state index contributed by atoms with van der Waals surface area (Å²) < 4.78 is 0. The first-order valence-electron chi connectivity index (χ1n) is 4.45. The molecular formula is C9H12. The van der Waals surface area contributed by atoms with Crippen molar-refractivity contribution in [2.24, 2.45) is 35.5 Å². The molecule has 0 aromatic carbocycles. The smallest absolute Gasteiger partial charge is 0.0349 e. The van der Waals surface area contributed by atoms with Crippen LogP contribution in [0.25, 0.3) is 0 Å². The predicted octanol–water partition coefficient (Wildman–Crippen LogP) is 1.91. The summed E-state index contributed by atoms with van der Waals surface area (Å²) in [5, 5.41) is 0. The van der Waals surface area contributed by atoms with E-state index in [1.165, 1.54) is 35.5 Å². The maximum Gasteiger partial charge on any atom is -0.0349 e. The molecule has 4 rings (SSSR count). The van der Waals surface area contributed by atoms with Crippen LogP contribution in [0.1, 0.15) is 19.3 Å². The Labute approximate surface area is 55.6 Å². The molecule has 0 amide bonds. The maximum atomic E-state index is 1.66. The fraction of sp³-hybridized carbons (Fsp3) is 1.00. The fourth-order valence-electron chi connectivity index (χ4n) is 4.09. The molecule has 0 heteroatoms. The molecule has 9 heavy (non-hydrogen) atoms. The molecule has 0 N–H and O–H groups in total. The van der Waals surface area contributed by atoms with Crippen molar-refractivity contribution in [3.05, 3.63) is 0 Å². The molecule has 0 atom stereocenters. The van der Waals surface area contributed by atoms with Crippen molar-refractivity contribution >= 4 is 0 Å². The summed E-state index contributed by atoms with van der Waals surface area (Å²) in [4.78, 5) is 0. The lowest BCUT2D eigenvalue weighted by atomic mass is 10.0. The van der Waals surface area contributed by atoms with Gasteiger partial charge in [0.1, 0.15) is 0 Å². The van der Waals surface area contributed by atoms with Crippen LogP contribution in [0.4, 0.5) is 0 Å². The van der Waals surface area contributed by atoms with E-state index in [-0.39, 0.29) is 0 Å². The van der Waals surface area contributed by atoms with Crippen molar-refractivity contribution in [2.75, 3.05) is 0 Å². The Morgan fingerprint density at radius 2 is 0.667 bits per heavy atom. The predicted molar refractivity (Wildman–Crippen MR) is 34.8 cm³/mol. The minimum absolute atomic E-state index is 1.25. The molecule has 0 aromatic rings. The lowest BCUT2D eigenvalue weighted by molar-refractivity contribution is 0.434. The number of rotatable bonds is 0. The normalized spacial score (nSPS) is 80.0. The van der Waals surface area contributed by atoms with Crippen molar-refractivity contribution in [3.8, 4) is 0 Å². The molecule has 0 aliphatic heterocycles. The van der Waals surface area contributed by atoms with Crippen molar-refractivity contribution in [1.29, 1.82) is 0 Å². The summed E-state index contributed by atoms with van der Waals surface area (Å²) in [6, 6.07) is 0. The second kappa shape index (κ2) is 0.889. The van der Waals surface area contributed by atoms with Crippen LogP contribution in [-0.4, -0.2) is 0 Å². The van der Waals surface area contributed by atoms with Gasteiger partial charge in [0.25, 0.3) is 0 Å². The summed E-state index contributed by atoms with van der Waals surface area (Å²) in [5.41, 5.74) is 0. The number of hydrogen-bond acceptors (Lipinski definition) is 0. The Balaban J connectivity index is 1.91. The molecule has 4 fully saturated rings. The average molecular weight is 120 g/mol. The quantitative estimate of drug-likeness (QED) is 0.458. The van der Waals surface area contributed by atoms with Crippen LogP contribution >= 0.6 is 0 Å². The zero-order chi connectivity index (χ0) is 5.59. The average Bonchev–Trinajstić information content (AvgIpc) is 2.74. The van der Waals surface area contributed by atoms with Crippen LogP contribution in [0, 0.1) is 35.5 Å². The zero-order valence-corrected chi connectivity index (χ0v) is 5.59. The van der Waals surface area contributed by atoms with E-state index in [4.69, 9.17) is 0 Å². The molecule has 4 aliphatic carbocycles. The first-order valence-corrected chi connectivity index (χ1v) is 4.45. The van der Waals surface area contributed by atoms with Gasteiger partial charge in [0.15, 0.2) is 0 Å². The van der Waals surface area contributed by atoms with E-state index in [9.17, 15) is 0 Å². The van der Waals surface area contributed by atoms with Gasteiger partial charge < -0.3 is 0 Å². The van der Waals surface area contributed by atoms with E-state index >= 15 is 0 Å². The maximum absolute atomic E-state index is 1.66. The Bertz CT molecular complexity index is 148. The second-order valence-electron chi connectivity index (χ2n) is 4.69. The van der Waals surface area contributed by atoms with Crippen molar-refractivity contribution in [2.45, 2.75) is 19.3 Å². The van der Waals surface area contributed by atoms with Gasteiger partial charge in [-0.05, 0) is 54.8 Å². The van der Waals surface area contributed by atoms with Gasteiger partial charge in [-0.1, -0.05) is 0 Å². The standard InChI is InChI=1S/C9H12/c1-4-5(1)9-3-8(4)6-2-7(6)9/h4-9H,1-3H2/t4-,5+,6+,7-,8-,9-. The van der Waals surface area contributed by atoms with Gasteiger partial charge in [-0.15, -0.1) is 0 Å². The van der Waals surface area contributed by atoms with Crippen LogP contribution in [-0.2, 0) is 0 Å². The molecule has 0 nitrogen and oxygen atoms in total. The van der Waals surface area contributed by atoms with Crippen LogP contribution in [0.3, 0.4) is 0 Å². The van der Waals surface area contributed by atoms with Gasteiger partial charge in [0, 0.05) is 0 Å². The van der Waals surface area contributed by atoms with E-state index in [0.717, 1.165) is 0 Å². The van der Waals surface area contributed by atoms with Crippen LogP contribution in [0.5, 0.6) is 0 Å². The van der Waals surface area contributed by atoms with Gasteiger partial charge in [-0.3, -0.25) is 0 Å². The molecule has 4 saturated carbocycles. The molecule has 0 aromatic heterocycles. The highest BCUT2D eigenvalue weighted by Crippen LogP contribution is 2.77. The monoisotopic (exact) mass is 120 g/mol. The second-order valence-corrected chi connectivity index (χ2v) is 4.69. The highest BCUT2D eigenvalue weighted by Gasteiger charge is 2.70. The van der Waals surface area contributed by atoms with Gasteiger partial charge >= 0.3 is 0 Å². The van der Waals surface area contributed by atoms with E-state index in [0.29, 0.717) is 0 Å². The summed E-state index contributed by atoms with van der Waals surface area (Å²) in [6.07, 6.45) is 4.94. The van der Waals surface area contributed by atoms with Gasteiger partial charge in [0.05, 0.1) is 0 Å². The summed E-state index contributed by atoms with van der Waals surface area (Å²) in [7, 11) is 0. The molecular weight excluding hydrogens is 108 g/mol. The first kappa shape index (κ1) is 4.00. The highest BCUT2D eigenvalue weighted by molar-refractivity contribution is 5.19. The largest absolute Gasteiger partial charge is 0.0465 e. The molecule has 0 spiro atoms. The van der Waals surface area contributed by atoms with E-state index in [1.807, 2.05) is 0 Å². The molecule has 4 aliphatic rings. The Morgan fingerprint density at radius 1 is 0.444 bits per heavy atom. The molecule has 48 valence electrons. The Kier molecular flexibility index (Phi) is 0.395. The van der Waals surface area contributed by atoms with Crippen molar-refractivity contribution < 1.29 is 0 Å². The lowest BCUT2D eigenvalue weighted by Crippen LogP contribution is -2.00. The van der Waals surface area contributed by atoms with Gasteiger partial charge in [-0.2, -0.15) is 0 Å². The van der Waals surface area contributed by atoms with Crippen LogP contribution in [0.2, 0.25) is 0 Å². The Hall–Kier alpha value is 0. The first-order chi connectivity index (χ1) is 4.45. The lowest BCUT2D eigenvalue weighted by Gasteiger charge is -2.04. The summed E-state index contributed by atoms with van der Waals surface area (Å²) in [5.74, 6) is 7.56. The fourth-order valence-corrected chi connectivity index (χ4v) is 4.09. The van der Waals surface area contributed by atoms with Gasteiger partial charge in [-0.25, -0.2) is 0 Å². The molecule has 0 unspecified atom stereocenters. The molecule has 2 bridgehead atoms. The number of hydrogen-bond donors (Lipinski definition) is 0. The van der Waals surface area contributed by atoms with Crippen LogP contribution in [0.15, 0.2) is 0 Å². The van der Waals surface area contributed by atoms with E-state index < -0.39 is 0 Å². The number of fused-ring (bicyclic) bond motifs is 8. The summed E-state index contributed by atoms with van der Waals surface area (Å²) >= 11 is 0. The van der Waals surface area contributed by atoms with Crippen molar-refractivity contribution in [1.82, 2.24) is 0 Å². The third-order valence-electron chi connectivity index (χ3n) is 4.53. The minimum atomic E-state index is 1.25. The molecule has 0 saturated heterocycles. The summed E-state index contributed by atoms with van der Waals surface area (Å²) in [6.45, 7) is 0. The third kappa shape index (κ3) is 0.281. The van der Waals surface area contributed by atoms with Gasteiger partial charge in [0.2, 0.25) is 0 Å². The topological polar surface area (TPSA) is 0 Å². The molecule has 0 radical (unpaired) electrons. The van der Waals surface area contributed by atoms with E-state index in [1.54, 1.807) is 19.3 Å². The van der Waals surface area contributed by atoms with E-state index in [2.05, 4.69) is 0 Å². The minimum Gasteiger partial charge on any atom is -0.0465 e. The highest BCUT2D eigenvalue weighted by atomic mass is 14.7. The van der Waals surface area contributed by atoms with Crippen LogP contribution < -0.4 is 0 Å². The Morgan fingerprint density at radius 3 is 0.889 bits per heavy atom. The molecule has 0 heterocycles. The third-order valence-corrected chi connectivity index (χ3v) is 4.53. The zero-order valence-electron chi connectivity index (χ0n) is 5.59. The SMILES string of the molecule is C1[C@H]2[C@@H]1[C@H]1C[C@H]2[C@@H]2C[C@H]12. The van der Waals surface area contributed by atoms with Crippen molar-refractivity contribution in [3.63, 3.8) is 0 Å².